The smallest absolute Gasteiger partial charge is 0.135 e. The highest BCUT2D eigenvalue weighted by Gasteiger charge is 2.34. The van der Waals surface area contributed by atoms with E-state index in [0.717, 1.165) is 29.9 Å². The van der Waals surface area contributed by atoms with E-state index in [1.807, 2.05) is 6.07 Å². The molecule has 1 aromatic heterocycles. The van der Waals surface area contributed by atoms with Gasteiger partial charge in [0.05, 0.1) is 16.8 Å². The Hall–Kier alpha value is -0.320. The molecule has 0 amide bonds. The van der Waals surface area contributed by atoms with Crippen LogP contribution >= 0.6 is 15.9 Å². The van der Waals surface area contributed by atoms with Gasteiger partial charge in [-0.2, -0.15) is 0 Å². The molecule has 1 aliphatic heterocycles. The average molecular weight is 287 g/mol. The van der Waals surface area contributed by atoms with E-state index in [1.54, 1.807) is 6.26 Å². The van der Waals surface area contributed by atoms with Crippen molar-refractivity contribution >= 4 is 15.9 Å². The molecular weight excluding hydrogens is 268 g/mol. The normalized spacial score (nSPS) is 27.2. The monoisotopic (exact) mass is 286 g/mol. The number of rotatable bonds is 3. The Balaban J connectivity index is 2.28. The number of hydrogen-bond acceptors (Lipinski definition) is 3. The first-order valence-electron chi connectivity index (χ1n) is 5.95. The van der Waals surface area contributed by atoms with Gasteiger partial charge in [0.2, 0.25) is 0 Å². The standard InChI is InChI=1S/C12H19BrN2O/c1-2-15-6-3-4-9(8-14)11(15)12-10(13)5-7-16-12/h5,7,9,11H,2-4,6,8,14H2,1H3. The van der Waals surface area contributed by atoms with E-state index in [1.165, 1.54) is 12.8 Å². The lowest BCUT2D eigenvalue weighted by atomic mass is 9.87. The largest absolute Gasteiger partial charge is 0.466 e. The summed E-state index contributed by atoms with van der Waals surface area (Å²) in [4.78, 5) is 2.46. The Morgan fingerprint density at radius 2 is 2.44 bits per heavy atom. The first-order chi connectivity index (χ1) is 7.77. The van der Waals surface area contributed by atoms with Crippen LogP contribution in [-0.4, -0.2) is 24.5 Å². The molecule has 0 bridgehead atoms. The molecule has 2 rings (SSSR count). The predicted octanol–water partition coefficient (Wildman–Crippen LogP) is 2.77. The number of nitrogens with two attached hydrogens (primary N) is 1. The zero-order chi connectivity index (χ0) is 11.5. The minimum atomic E-state index is 0.341. The fourth-order valence-corrected chi connectivity index (χ4v) is 3.09. The van der Waals surface area contributed by atoms with Crippen molar-refractivity contribution in [3.8, 4) is 0 Å². The molecule has 4 heteroatoms. The minimum absolute atomic E-state index is 0.341. The third kappa shape index (κ3) is 2.19. The fraction of sp³-hybridized carbons (Fsp3) is 0.667. The molecule has 2 N–H and O–H groups in total. The summed E-state index contributed by atoms with van der Waals surface area (Å²) in [5.74, 6) is 1.55. The van der Waals surface area contributed by atoms with Gasteiger partial charge in [0, 0.05) is 0 Å². The maximum Gasteiger partial charge on any atom is 0.135 e. The Morgan fingerprint density at radius 3 is 3.00 bits per heavy atom. The summed E-state index contributed by atoms with van der Waals surface area (Å²) in [5.41, 5.74) is 5.88. The number of furan rings is 1. The van der Waals surface area contributed by atoms with E-state index < -0.39 is 0 Å². The molecule has 1 aromatic rings. The summed E-state index contributed by atoms with van der Waals surface area (Å²) in [6.45, 7) is 5.12. The lowest BCUT2D eigenvalue weighted by molar-refractivity contribution is 0.0844. The van der Waals surface area contributed by atoms with E-state index in [4.69, 9.17) is 10.2 Å². The summed E-state index contributed by atoms with van der Waals surface area (Å²) in [5, 5.41) is 0. The number of hydrogen-bond donors (Lipinski definition) is 1. The SMILES string of the molecule is CCN1CCCC(CN)C1c1occc1Br. The molecule has 0 saturated carbocycles. The van der Waals surface area contributed by atoms with Crippen LogP contribution in [0.4, 0.5) is 0 Å². The number of nitrogens with zero attached hydrogens (tertiary/aromatic N) is 1. The van der Waals surface area contributed by atoms with Crippen molar-refractivity contribution in [2.75, 3.05) is 19.6 Å². The highest BCUT2D eigenvalue weighted by atomic mass is 79.9. The van der Waals surface area contributed by atoms with Gasteiger partial charge in [0.15, 0.2) is 0 Å². The van der Waals surface area contributed by atoms with Gasteiger partial charge >= 0.3 is 0 Å². The minimum Gasteiger partial charge on any atom is -0.466 e. The molecule has 16 heavy (non-hydrogen) atoms. The molecule has 0 aliphatic carbocycles. The highest BCUT2D eigenvalue weighted by Crippen LogP contribution is 2.38. The third-order valence-corrected chi connectivity index (χ3v) is 4.14. The van der Waals surface area contributed by atoms with Crippen LogP contribution in [0.3, 0.4) is 0 Å². The first kappa shape index (κ1) is 12.1. The molecule has 1 saturated heterocycles. The summed E-state index contributed by atoms with van der Waals surface area (Å²) < 4.78 is 6.69. The topological polar surface area (TPSA) is 42.4 Å². The fourth-order valence-electron chi connectivity index (χ4n) is 2.65. The molecule has 90 valence electrons. The summed E-state index contributed by atoms with van der Waals surface area (Å²) in [7, 11) is 0. The predicted molar refractivity (Wildman–Crippen MR) is 68.2 cm³/mol. The van der Waals surface area contributed by atoms with Crippen LogP contribution < -0.4 is 5.73 Å². The van der Waals surface area contributed by atoms with Gasteiger partial charge in [0.25, 0.3) is 0 Å². The molecule has 0 radical (unpaired) electrons. The number of halogens is 1. The van der Waals surface area contributed by atoms with Crippen LogP contribution in [0.2, 0.25) is 0 Å². The van der Waals surface area contributed by atoms with Crippen molar-refractivity contribution in [2.45, 2.75) is 25.8 Å². The van der Waals surface area contributed by atoms with E-state index in [9.17, 15) is 0 Å². The van der Waals surface area contributed by atoms with E-state index in [2.05, 4.69) is 27.8 Å². The maximum atomic E-state index is 5.88. The first-order valence-corrected chi connectivity index (χ1v) is 6.74. The van der Waals surface area contributed by atoms with Crippen molar-refractivity contribution in [3.05, 3.63) is 22.6 Å². The molecule has 2 unspecified atom stereocenters. The second-order valence-electron chi connectivity index (χ2n) is 4.34. The van der Waals surface area contributed by atoms with E-state index in [-0.39, 0.29) is 0 Å². The van der Waals surface area contributed by atoms with Gasteiger partial charge in [-0.3, -0.25) is 4.90 Å². The lowest BCUT2D eigenvalue weighted by Gasteiger charge is -2.39. The Labute approximate surface area is 105 Å². The maximum absolute atomic E-state index is 5.88. The van der Waals surface area contributed by atoms with Crippen LogP contribution in [0.5, 0.6) is 0 Å². The summed E-state index contributed by atoms with van der Waals surface area (Å²) >= 11 is 3.55. The molecule has 1 aliphatic rings. The number of likely N-dealkylation sites (tertiary alicyclic amines) is 1. The summed E-state index contributed by atoms with van der Waals surface area (Å²) in [6.07, 6.45) is 4.19. The van der Waals surface area contributed by atoms with Crippen molar-refractivity contribution in [1.29, 1.82) is 0 Å². The van der Waals surface area contributed by atoms with Crippen molar-refractivity contribution < 1.29 is 4.42 Å². The van der Waals surface area contributed by atoms with E-state index in [0.29, 0.717) is 12.0 Å². The molecule has 1 fully saturated rings. The van der Waals surface area contributed by atoms with Crippen LogP contribution in [-0.2, 0) is 0 Å². The van der Waals surface area contributed by atoms with Gasteiger partial charge in [0.1, 0.15) is 5.76 Å². The zero-order valence-corrected chi connectivity index (χ0v) is 11.2. The van der Waals surface area contributed by atoms with Gasteiger partial charge in [-0.25, -0.2) is 0 Å². The zero-order valence-electron chi connectivity index (χ0n) is 9.66. The Kier molecular flexibility index (Phi) is 4.05. The Morgan fingerprint density at radius 1 is 1.62 bits per heavy atom. The molecule has 2 atom stereocenters. The third-order valence-electron chi connectivity index (χ3n) is 3.48. The van der Waals surface area contributed by atoms with Crippen molar-refractivity contribution in [3.63, 3.8) is 0 Å². The second-order valence-corrected chi connectivity index (χ2v) is 5.20. The van der Waals surface area contributed by atoms with Crippen LogP contribution in [0.25, 0.3) is 0 Å². The Bertz CT molecular complexity index is 328. The van der Waals surface area contributed by atoms with Crippen molar-refractivity contribution in [1.82, 2.24) is 4.90 Å². The molecular formula is C12H19BrN2O. The highest BCUT2D eigenvalue weighted by molar-refractivity contribution is 9.10. The van der Waals surface area contributed by atoms with Crippen LogP contribution in [0.15, 0.2) is 21.2 Å². The van der Waals surface area contributed by atoms with Gasteiger partial charge in [-0.1, -0.05) is 6.92 Å². The van der Waals surface area contributed by atoms with Crippen LogP contribution in [0, 0.1) is 5.92 Å². The molecule has 0 spiro atoms. The van der Waals surface area contributed by atoms with Crippen LogP contribution in [0.1, 0.15) is 31.6 Å². The quantitative estimate of drug-likeness (QED) is 0.929. The van der Waals surface area contributed by atoms with Gasteiger partial charge in [-0.15, -0.1) is 0 Å². The average Bonchev–Trinajstić information content (AvgIpc) is 2.74. The van der Waals surface area contributed by atoms with Gasteiger partial charge in [-0.05, 0) is 60.4 Å². The van der Waals surface area contributed by atoms with E-state index >= 15 is 0 Å². The lowest BCUT2D eigenvalue weighted by Crippen LogP contribution is -2.41. The van der Waals surface area contributed by atoms with Crippen molar-refractivity contribution in [2.24, 2.45) is 11.7 Å². The summed E-state index contributed by atoms with van der Waals surface area (Å²) in [6, 6.07) is 2.30. The second kappa shape index (κ2) is 5.34. The molecule has 2 heterocycles. The van der Waals surface area contributed by atoms with Gasteiger partial charge < -0.3 is 10.2 Å². The number of piperidine rings is 1. The molecule has 0 aromatic carbocycles. The molecule has 3 nitrogen and oxygen atoms in total.